The number of carbonyl (C=O) groups excluding carboxylic acids is 1. The summed E-state index contributed by atoms with van der Waals surface area (Å²) in [5.41, 5.74) is 0.525. The minimum Gasteiger partial charge on any atom is -0.300 e. The standard InChI is InChI=1S/C14H17N3O2/c1-11(18)7-3-2-6-10-17-14(19)12-8-4-5-9-13(12)15-16-17/h4-5,8-9H,2-3,6-7,10H2,1H3. The summed E-state index contributed by atoms with van der Waals surface area (Å²) in [6.45, 7) is 2.15. The number of fused-ring (bicyclic) bond motifs is 1. The predicted octanol–water partition coefficient (Wildman–Crippen LogP) is 1.94. The minimum atomic E-state index is -0.0998. The van der Waals surface area contributed by atoms with Crippen molar-refractivity contribution in [3.05, 3.63) is 34.6 Å². The number of nitrogens with zero attached hydrogens (tertiary/aromatic N) is 3. The van der Waals surface area contributed by atoms with Gasteiger partial charge in [0.1, 0.15) is 11.3 Å². The summed E-state index contributed by atoms with van der Waals surface area (Å²) in [5, 5.41) is 8.55. The van der Waals surface area contributed by atoms with Crippen LogP contribution in [0.3, 0.4) is 0 Å². The molecule has 1 aromatic heterocycles. The molecule has 0 N–H and O–H groups in total. The summed E-state index contributed by atoms with van der Waals surface area (Å²) < 4.78 is 1.40. The monoisotopic (exact) mass is 259 g/mol. The summed E-state index contributed by atoms with van der Waals surface area (Å²) in [7, 11) is 0. The maximum absolute atomic E-state index is 12.1. The van der Waals surface area contributed by atoms with E-state index in [1.165, 1.54) is 4.68 Å². The van der Waals surface area contributed by atoms with E-state index in [0.29, 0.717) is 23.9 Å². The molecule has 100 valence electrons. The normalized spacial score (nSPS) is 10.8. The number of ketones is 1. The highest BCUT2D eigenvalue weighted by molar-refractivity contribution is 5.76. The zero-order valence-corrected chi connectivity index (χ0v) is 11.0. The number of aromatic nitrogens is 3. The highest BCUT2D eigenvalue weighted by atomic mass is 16.1. The first-order valence-corrected chi connectivity index (χ1v) is 6.50. The lowest BCUT2D eigenvalue weighted by Gasteiger charge is -2.04. The third kappa shape index (κ3) is 3.47. The average molecular weight is 259 g/mol. The average Bonchev–Trinajstić information content (AvgIpc) is 2.41. The largest absolute Gasteiger partial charge is 0.300 e. The van der Waals surface area contributed by atoms with Crippen LogP contribution in [-0.2, 0) is 11.3 Å². The molecule has 0 atom stereocenters. The first kappa shape index (κ1) is 13.4. The first-order valence-electron chi connectivity index (χ1n) is 6.50. The highest BCUT2D eigenvalue weighted by Gasteiger charge is 2.04. The third-order valence-corrected chi connectivity index (χ3v) is 3.03. The molecule has 5 heteroatoms. The summed E-state index contributed by atoms with van der Waals surface area (Å²) in [6.07, 6.45) is 3.23. The van der Waals surface area contributed by atoms with Crippen molar-refractivity contribution in [1.82, 2.24) is 15.0 Å². The molecule has 1 heterocycles. The number of aryl methyl sites for hydroxylation is 1. The molecule has 0 bridgehead atoms. The SMILES string of the molecule is CC(=O)CCCCCn1nnc2ccccc2c1=O. The van der Waals surface area contributed by atoms with Crippen molar-refractivity contribution >= 4 is 16.7 Å². The lowest BCUT2D eigenvalue weighted by Crippen LogP contribution is -2.24. The van der Waals surface area contributed by atoms with Crippen LogP contribution in [0.4, 0.5) is 0 Å². The fraction of sp³-hybridized carbons (Fsp3) is 0.429. The van der Waals surface area contributed by atoms with Crippen LogP contribution in [-0.4, -0.2) is 20.8 Å². The maximum Gasteiger partial charge on any atom is 0.277 e. The van der Waals surface area contributed by atoms with Crippen molar-refractivity contribution in [3.63, 3.8) is 0 Å². The van der Waals surface area contributed by atoms with Gasteiger partial charge in [-0.1, -0.05) is 23.8 Å². The van der Waals surface area contributed by atoms with Crippen LogP contribution in [0.1, 0.15) is 32.6 Å². The molecule has 0 amide bonds. The molecule has 2 rings (SSSR count). The van der Waals surface area contributed by atoms with Crippen LogP contribution in [0.15, 0.2) is 29.1 Å². The summed E-state index contributed by atoms with van der Waals surface area (Å²) in [6, 6.07) is 7.20. The Balaban J connectivity index is 1.99. The first-order chi connectivity index (χ1) is 9.18. The van der Waals surface area contributed by atoms with Gasteiger partial charge in [0.2, 0.25) is 0 Å². The van der Waals surface area contributed by atoms with Gasteiger partial charge in [0.05, 0.1) is 5.39 Å². The van der Waals surface area contributed by atoms with Crippen LogP contribution in [0.5, 0.6) is 0 Å². The van der Waals surface area contributed by atoms with Gasteiger partial charge in [-0.2, -0.15) is 0 Å². The molecule has 0 unspecified atom stereocenters. The molecule has 0 saturated carbocycles. The van der Waals surface area contributed by atoms with Gasteiger partial charge in [-0.3, -0.25) is 4.79 Å². The number of carbonyl (C=O) groups is 1. The molecule has 0 saturated heterocycles. The van der Waals surface area contributed by atoms with E-state index in [-0.39, 0.29) is 11.3 Å². The Hall–Kier alpha value is -2.04. The van der Waals surface area contributed by atoms with Crippen molar-refractivity contribution in [3.8, 4) is 0 Å². The van der Waals surface area contributed by atoms with E-state index < -0.39 is 0 Å². The Labute approximate surface area is 111 Å². The minimum absolute atomic E-state index is 0.0998. The van der Waals surface area contributed by atoms with E-state index >= 15 is 0 Å². The van der Waals surface area contributed by atoms with Gasteiger partial charge in [-0.25, -0.2) is 4.68 Å². The topological polar surface area (TPSA) is 64.8 Å². The molecule has 1 aromatic carbocycles. The smallest absolute Gasteiger partial charge is 0.277 e. The van der Waals surface area contributed by atoms with Gasteiger partial charge in [-0.05, 0) is 31.9 Å². The Bertz CT molecular complexity index is 634. The molecule has 19 heavy (non-hydrogen) atoms. The number of unbranched alkanes of at least 4 members (excludes halogenated alkanes) is 2. The molecule has 0 aliphatic heterocycles. The van der Waals surface area contributed by atoms with Crippen LogP contribution in [0, 0.1) is 0 Å². The zero-order chi connectivity index (χ0) is 13.7. The molecular formula is C14H17N3O2. The van der Waals surface area contributed by atoms with Crippen molar-refractivity contribution in [2.75, 3.05) is 0 Å². The van der Waals surface area contributed by atoms with Crippen LogP contribution >= 0.6 is 0 Å². The van der Waals surface area contributed by atoms with Crippen molar-refractivity contribution in [2.24, 2.45) is 0 Å². The van der Waals surface area contributed by atoms with Gasteiger partial charge in [-0.15, -0.1) is 5.10 Å². The second-order valence-electron chi connectivity index (χ2n) is 4.65. The third-order valence-electron chi connectivity index (χ3n) is 3.03. The van der Waals surface area contributed by atoms with Crippen LogP contribution in [0.2, 0.25) is 0 Å². The predicted molar refractivity (Wildman–Crippen MR) is 72.9 cm³/mol. The summed E-state index contributed by atoms with van der Waals surface area (Å²) >= 11 is 0. The van der Waals surface area contributed by atoms with E-state index in [2.05, 4.69) is 10.3 Å². The van der Waals surface area contributed by atoms with Crippen LogP contribution < -0.4 is 5.56 Å². The molecule has 5 nitrogen and oxygen atoms in total. The fourth-order valence-electron chi connectivity index (χ4n) is 1.98. The Kier molecular flexibility index (Phi) is 4.39. The quantitative estimate of drug-likeness (QED) is 0.744. The zero-order valence-electron chi connectivity index (χ0n) is 11.0. The number of Topliss-reactive ketones (excluding diaryl/α,β-unsaturated/α-hetero) is 1. The van der Waals surface area contributed by atoms with Crippen molar-refractivity contribution in [2.45, 2.75) is 39.2 Å². The second-order valence-corrected chi connectivity index (χ2v) is 4.65. The number of hydrogen-bond acceptors (Lipinski definition) is 4. The van der Waals surface area contributed by atoms with E-state index in [4.69, 9.17) is 0 Å². The molecule has 0 spiro atoms. The molecule has 0 aliphatic carbocycles. The molecule has 0 radical (unpaired) electrons. The van der Waals surface area contributed by atoms with E-state index in [1.54, 1.807) is 19.1 Å². The van der Waals surface area contributed by atoms with E-state index in [1.807, 2.05) is 12.1 Å². The number of benzene rings is 1. The molecule has 2 aromatic rings. The van der Waals surface area contributed by atoms with Gasteiger partial charge in [0, 0.05) is 13.0 Å². The van der Waals surface area contributed by atoms with Crippen molar-refractivity contribution < 1.29 is 4.79 Å². The van der Waals surface area contributed by atoms with Gasteiger partial charge in [0.25, 0.3) is 5.56 Å². The van der Waals surface area contributed by atoms with Gasteiger partial charge in [0.15, 0.2) is 0 Å². The molecular weight excluding hydrogens is 242 g/mol. The lowest BCUT2D eigenvalue weighted by molar-refractivity contribution is -0.117. The molecule has 0 aliphatic rings. The van der Waals surface area contributed by atoms with E-state index in [9.17, 15) is 9.59 Å². The summed E-state index contributed by atoms with van der Waals surface area (Å²) in [5.74, 6) is 0.211. The summed E-state index contributed by atoms with van der Waals surface area (Å²) in [4.78, 5) is 22.9. The Morgan fingerprint density at radius 2 is 2.00 bits per heavy atom. The van der Waals surface area contributed by atoms with E-state index in [0.717, 1.165) is 19.3 Å². The van der Waals surface area contributed by atoms with Gasteiger partial charge >= 0.3 is 0 Å². The fourth-order valence-corrected chi connectivity index (χ4v) is 1.98. The van der Waals surface area contributed by atoms with Crippen LogP contribution in [0.25, 0.3) is 10.9 Å². The van der Waals surface area contributed by atoms with Gasteiger partial charge < -0.3 is 4.79 Å². The molecule has 0 fully saturated rings. The highest BCUT2D eigenvalue weighted by Crippen LogP contribution is 2.05. The second kappa shape index (κ2) is 6.22. The number of hydrogen-bond donors (Lipinski definition) is 0. The van der Waals surface area contributed by atoms with Crippen molar-refractivity contribution in [1.29, 1.82) is 0 Å². The Morgan fingerprint density at radius 1 is 1.21 bits per heavy atom. The number of rotatable bonds is 6. The lowest BCUT2D eigenvalue weighted by atomic mass is 10.1. The maximum atomic E-state index is 12.1. The Morgan fingerprint density at radius 3 is 2.79 bits per heavy atom.